The van der Waals surface area contributed by atoms with E-state index < -0.39 is 10.1 Å². The summed E-state index contributed by atoms with van der Waals surface area (Å²) < 4.78 is 41.3. The number of ether oxygens (including phenoxy) is 1. The first-order chi connectivity index (χ1) is 65.0. The number of nitrogens with zero attached hydrogens (tertiary/aromatic N) is 12. The van der Waals surface area contributed by atoms with Gasteiger partial charge in [-0.1, -0.05) is 266 Å². The van der Waals surface area contributed by atoms with E-state index in [9.17, 15) is 8.42 Å². The van der Waals surface area contributed by atoms with Crippen LogP contribution in [0.5, 0.6) is 11.5 Å². The van der Waals surface area contributed by atoms with E-state index in [0.717, 1.165) is 124 Å². The van der Waals surface area contributed by atoms with Gasteiger partial charge < -0.3 is 35.3 Å². The molecule has 0 saturated carbocycles. The van der Waals surface area contributed by atoms with Crippen LogP contribution in [0.1, 0.15) is 16.7 Å². The van der Waals surface area contributed by atoms with Crippen molar-refractivity contribution in [3.63, 3.8) is 0 Å². The van der Waals surface area contributed by atoms with Crippen LogP contribution in [0.15, 0.2) is 430 Å². The van der Waals surface area contributed by atoms with E-state index in [0.29, 0.717) is 5.75 Å². The molecule has 0 aliphatic carbocycles. The molecule has 0 spiro atoms. The van der Waals surface area contributed by atoms with Gasteiger partial charge in [0.05, 0.1) is 28.7 Å². The molecule has 1 N–H and O–H groups in total. The molecular weight excluding hydrogens is 1980 g/mol. The molecule has 134 heavy (non-hydrogen) atoms. The van der Waals surface area contributed by atoms with Gasteiger partial charge >= 0.3 is 68.6 Å². The van der Waals surface area contributed by atoms with Gasteiger partial charge in [-0.25, -0.2) is 20.9 Å². The zero-order chi connectivity index (χ0) is 90.1. The van der Waals surface area contributed by atoms with Gasteiger partial charge in [-0.15, -0.1) is 59.6 Å². The number of para-hydroxylation sites is 5. The van der Waals surface area contributed by atoms with E-state index in [1.165, 1.54) is 56.6 Å². The molecule has 23 rings (SSSR count). The maximum absolute atomic E-state index is 10.4. The fourth-order valence-electron chi connectivity index (χ4n) is 15.8. The van der Waals surface area contributed by atoms with Crippen molar-refractivity contribution in [3.05, 3.63) is 474 Å². The topological polar surface area (TPSA) is 156 Å². The Bertz CT molecular complexity index is 7620. The maximum Gasteiger partial charge on any atom is 2.00 e. The molecule has 9 heterocycles. The summed E-state index contributed by atoms with van der Waals surface area (Å²) in [5.41, 5.74) is 25.5. The quantitative estimate of drug-likeness (QED) is 0.0534. The minimum Gasteiger partial charge on any atom is -0.451 e. The Morgan fingerprint density at radius 1 is 0.403 bits per heavy atom. The summed E-state index contributed by atoms with van der Waals surface area (Å²) in [6.45, 7) is 2.11. The standard InChI is InChI=1S/C34H23N4.C32H21N4O.C31H22N4.C10H5.C6H6O3S.ClH.3Pd/c1-2-8-25(9-3-1)26-15-17-27(18-16-26)30-23-36-37(24-30)31-12-6-13-32(22-31)38-33-14-5-4-10-28(33)19-20-29-11-7-21-35-34(29)38;1-2-8-23(9-3-1)24-15-17-25(18-16-24)26-21-34-35(22-26)27-10-6-11-28(20-27)36-29-12-4-5-13-30(29)37-31-14-7-19-33-32(31)36;1-33-21-34(28-12-6-5-11-27(28)33)24-15-17-26-25-16-14-23(22-9-3-2-4-10-22)19-29(25)35(30(26)20-24)31-13-7-8-18-32-31;1-2-3-7-10-8-5-4-6-9-10;7-10(8,9)6-4-2-1-3-5-6;;;;/h1-21,23-24H;1-19,21-22H;2-19,21H,1H3;4-6,8-9H;1-5H,(H,7,8,9);1H;;;/q2*-1;-2;-1;;;3*+2/p-1. The number of halogens is 1. The van der Waals surface area contributed by atoms with E-state index in [4.69, 9.17) is 25.7 Å². The van der Waals surface area contributed by atoms with Crippen LogP contribution in [-0.4, -0.2) is 59.1 Å². The first kappa shape index (κ1) is 92.1. The Morgan fingerprint density at radius 2 is 0.851 bits per heavy atom. The van der Waals surface area contributed by atoms with Crippen LogP contribution in [0.2, 0.25) is 0 Å². The average molecular weight is 2050 g/mol. The fraction of sp³-hybridized carbons (Fsp3) is 0.00885. The van der Waals surface area contributed by atoms with Crippen molar-refractivity contribution < 1.29 is 76.7 Å². The third kappa shape index (κ3) is 20.7. The molecule has 0 fully saturated rings. The molecular formula is C113H77ClN12O4Pd3S. The van der Waals surface area contributed by atoms with Crippen LogP contribution in [0, 0.1) is 49.1 Å². The van der Waals surface area contributed by atoms with Gasteiger partial charge in [0.1, 0.15) is 11.6 Å². The summed E-state index contributed by atoms with van der Waals surface area (Å²) in [6.07, 6.45) is 24.1. The second-order valence-electron chi connectivity index (χ2n) is 30.3. The largest absolute Gasteiger partial charge is 2.00 e. The van der Waals surface area contributed by atoms with Gasteiger partial charge in [-0.3, -0.25) is 19.8 Å². The molecule has 0 unspecified atom stereocenters. The van der Waals surface area contributed by atoms with Crippen LogP contribution < -0.4 is 24.3 Å². The van der Waals surface area contributed by atoms with Crippen molar-refractivity contribution in [1.29, 1.82) is 0 Å². The van der Waals surface area contributed by atoms with Crippen LogP contribution in [0.4, 0.5) is 51.4 Å². The fourth-order valence-corrected chi connectivity index (χ4v) is 16.3. The van der Waals surface area contributed by atoms with Crippen molar-refractivity contribution >= 4 is 105 Å². The van der Waals surface area contributed by atoms with Gasteiger partial charge in [0, 0.05) is 70.1 Å². The number of fused-ring (bicyclic) bond motifs is 8. The van der Waals surface area contributed by atoms with Crippen LogP contribution in [0.3, 0.4) is 0 Å². The number of aromatic nitrogens is 8. The molecule has 0 amide bonds. The molecule has 656 valence electrons. The summed E-state index contributed by atoms with van der Waals surface area (Å²) in [5, 5.41) is 11.7. The van der Waals surface area contributed by atoms with Gasteiger partial charge in [0.15, 0.2) is 17.3 Å². The van der Waals surface area contributed by atoms with E-state index in [-0.39, 0.29) is 45.7 Å². The Morgan fingerprint density at radius 3 is 1.43 bits per heavy atom. The predicted molar refractivity (Wildman–Crippen MR) is 527 cm³/mol. The van der Waals surface area contributed by atoms with Crippen molar-refractivity contribution in [2.45, 2.75) is 4.90 Å². The zero-order valence-corrected chi connectivity index (χ0v) is 77.7. The van der Waals surface area contributed by atoms with Crippen molar-refractivity contribution in [3.8, 4) is 102 Å². The first-order valence-corrected chi connectivity index (χ1v) is 45.5. The smallest absolute Gasteiger partial charge is 0.451 e. The van der Waals surface area contributed by atoms with Crippen molar-refractivity contribution in [1.82, 2.24) is 39.1 Å². The van der Waals surface area contributed by atoms with Gasteiger partial charge in [0.2, 0.25) is 0 Å². The van der Waals surface area contributed by atoms with E-state index in [1.807, 2.05) is 180 Å². The van der Waals surface area contributed by atoms with Gasteiger partial charge in [-0.2, -0.15) is 49.4 Å². The van der Waals surface area contributed by atoms with Crippen LogP contribution in [-0.2, 0) is 69.1 Å². The average Bonchev–Trinajstić information content (AvgIpc) is 1.51. The molecule has 0 saturated heterocycles. The van der Waals surface area contributed by atoms with Gasteiger partial charge in [-0.05, 0) is 171 Å². The van der Waals surface area contributed by atoms with E-state index in [1.54, 1.807) is 24.4 Å². The van der Waals surface area contributed by atoms with E-state index in [2.05, 4.69) is 348 Å². The zero-order valence-electron chi connectivity index (χ0n) is 71.4. The molecule has 0 atom stereocenters. The summed E-state index contributed by atoms with van der Waals surface area (Å²) in [5.74, 6) is 11.2. The number of pyridine rings is 3. The number of rotatable bonds is 12. The Hall–Kier alpha value is -15.2. The second kappa shape index (κ2) is 43.2. The summed E-state index contributed by atoms with van der Waals surface area (Å²) >= 11 is 2.22. The maximum atomic E-state index is 10.4. The summed E-state index contributed by atoms with van der Waals surface area (Å²) in [6, 6.07) is 138. The molecule has 16 nitrogen and oxygen atoms in total. The first-order valence-electron chi connectivity index (χ1n) is 42.0. The molecule has 20 aromatic rings. The van der Waals surface area contributed by atoms with Crippen LogP contribution in [0.25, 0.3) is 107 Å². The number of benzene rings is 14. The number of hydrogen-bond acceptors (Lipinski definition) is 12. The molecule has 3 aliphatic heterocycles. The molecule has 3 aliphatic rings. The van der Waals surface area contributed by atoms with Crippen molar-refractivity contribution in [2.24, 2.45) is 0 Å². The Kier molecular flexibility index (Phi) is 29.7. The Balaban J connectivity index is 0.000000130. The summed E-state index contributed by atoms with van der Waals surface area (Å²) in [7, 11) is 2.56. The summed E-state index contributed by atoms with van der Waals surface area (Å²) in [4.78, 5) is 22.6. The number of hydrogen-bond donors (Lipinski definition) is 1. The molecule has 0 bridgehead atoms. The molecule has 21 heteroatoms. The second-order valence-corrected chi connectivity index (χ2v) is 31.7. The minimum absolute atomic E-state index is 0. The van der Waals surface area contributed by atoms with Gasteiger partial charge in [0.25, 0.3) is 10.1 Å². The molecule has 14 aromatic carbocycles. The van der Waals surface area contributed by atoms with Crippen LogP contribution >= 0.6 is 9.53 Å². The third-order valence-corrected chi connectivity index (χ3v) is 22.9. The Labute approximate surface area is 820 Å². The SMILES string of the molecule is CN1[CH-]N(c2[c-]c3c(cc2)c2ccc(-c4ccccc4)cc2n3-c2ccccn2)c2ccccc21.O=S(=O)(O)c1ccccc1.[C-]#CC#Cc1ccccc1.[Cl][Pd+].[Pd+2].[Pd+2].[c-]1c(N2c3ccccc3C=Cc3cccnc32)cccc1-n1cc(-c2ccc(-c3ccccc3)cc2)cn1.[c-]1c(N2c3ccccc3Oc3cccnc32)cccc1-n1cc(-c2ccc(-c3ccccc3)cc2)cn1. The molecule has 0 radical (unpaired) electrons. The minimum atomic E-state index is -4.00. The van der Waals surface area contributed by atoms with Crippen molar-refractivity contribution in [2.75, 3.05) is 26.6 Å². The third-order valence-electron chi connectivity index (χ3n) is 22.1. The monoisotopic (exact) mass is 2050 g/mol. The predicted octanol–water partition coefficient (Wildman–Crippen LogP) is 26.9. The molecule has 6 aromatic heterocycles. The van der Waals surface area contributed by atoms with E-state index >= 15 is 0 Å². The number of anilines is 9. The normalized spacial score (nSPS) is 11.6.